The van der Waals surface area contributed by atoms with Gasteiger partial charge in [-0.15, -0.1) is 12.4 Å². The molecular formula is C14H20ClN3O2S. The van der Waals surface area contributed by atoms with Gasteiger partial charge in [0.2, 0.25) is 10.0 Å². The van der Waals surface area contributed by atoms with Crippen molar-refractivity contribution in [2.24, 2.45) is 12.8 Å². The summed E-state index contributed by atoms with van der Waals surface area (Å²) < 4.78 is 29.2. The molecule has 1 fully saturated rings. The second-order valence-corrected chi connectivity index (χ2v) is 7.28. The van der Waals surface area contributed by atoms with Crippen molar-refractivity contribution in [3.8, 4) is 0 Å². The molecule has 2 aromatic rings. The van der Waals surface area contributed by atoms with Crippen molar-refractivity contribution < 1.29 is 8.42 Å². The predicted molar refractivity (Wildman–Crippen MR) is 86.3 cm³/mol. The van der Waals surface area contributed by atoms with Crippen LogP contribution in [0.3, 0.4) is 0 Å². The van der Waals surface area contributed by atoms with Crippen molar-refractivity contribution in [3.05, 3.63) is 30.0 Å². The van der Waals surface area contributed by atoms with Gasteiger partial charge in [-0.05, 0) is 19.4 Å². The lowest BCUT2D eigenvalue weighted by molar-refractivity contribution is 0.472. The normalized spacial score (nSPS) is 19.9. The molecule has 0 saturated carbocycles. The van der Waals surface area contributed by atoms with E-state index in [1.165, 1.54) is 4.31 Å². The highest BCUT2D eigenvalue weighted by Gasteiger charge is 2.34. The van der Waals surface area contributed by atoms with Gasteiger partial charge in [-0.1, -0.05) is 18.2 Å². The zero-order chi connectivity index (χ0) is 14.5. The Morgan fingerprint density at radius 2 is 1.95 bits per heavy atom. The lowest BCUT2D eigenvalue weighted by Crippen LogP contribution is -2.32. The Morgan fingerprint density at radius 3 is 2.57 bits per heavy atom. The van der Waals surface area contributed by atoms with E-state index in [0.717, 1.165) is 23.0 Å². The fourth-order valence-electron chi connectivity index (χ4n) is 2.91. The first-order valence-electron chi connectivity index (χ1n) is 6.72. The molecule has 116 valence electrons. The molecule has 1 aliphatic heterocycles. The first-order valence-corrected chi connectivity index (χ1v) is 8.16. The lowest BCUT2D eigenvalue weighted by atomic mass is 10.2. The van der Waals surface area contributed by atoms with Gasteiger partial charge in [0.1, 0.15) is 4.90 Å². The minimum atomic E-state index is -3.48. The van der Waals surface area contributed by atoms with Gasteiger partial charge in [0, 0.05) is 42.8 Å². The Balaban J connectivity index is 0.00000161. The van der Waals surface area contributed by atoms with E-state index in [0.29, 0.717) is 18.0 Å². The van der Waals surface area contributed by atoms with Gasteiger partial charge in [0.25, 0.3) is 0 Å². The van der Waals surface area contributed by atoms with Gasteiger partial charge in [-0.25, -0.2) is 8.42 Å². The van der Waals surface area contributed by atoms with E-state index in [2.05, 4.69) is 0 Å². The molecule has 1 aromatic heterocycles. The molecule has 2 heterocycles. The van der Waals surface area contributed by atoms with Crippen LogP contribution >= 0.6 is 12.4 Å². The number of hydrogen-bond acceptors (Lipinski definition) is 3. The van der Waals surface area contributed by atoms with E-state index in [1.54, 1.807) is 0 Å². The summed E-state index contributed by atoms with van der Waals surface area (Å²) >= 11 is 0. The van der Waals surface area contributed by atoms with Crippen LogP contribution in [-0.2, 0) is 17.1 Å². The Kier molecular flexibility index (Phi) is 4.35. The minimum Gasteiger partial charge on any atom is -0.347 e. The van der Waals surface area contributed by atoms with Gasteiger partial charge in [-0.3, -0.25) is 0 Å². The maximum atomic E-state index is 12.9. The average Bonchev–Trinajstić information content (AvgIpc) is 2.95. The first-order chi connectivity index (χ1) is 9.43. The van der Waals surface area contributed by atoms with Crippen LogP contribution in [0.25, 0.3) is 10.9 Å². The van der Waals surface area contributed by atoms with Crippen LogP contribution in [-0.4, -0.2) is 36.4 Å². The fourth-order valence-corrected chi connectivity index (χ4v) is 4.87. The highest BCUT2D eigenvalue weighted by Crippen LogP contribution is 2.32. The molecule has 5 nitrogen and oxygen atoms in total. The zero-order valence-corrected chi connectivity index (χ0v) is 13.7. The highest BCUT2D eigenvalue weighted by atomic mass is 35.5. The Bertz CT molecular complexity index is 770. The van der Waals surface area contributed by atoms with Crippen LogP contribution in [0, 0.1) is 6.92 Å². The summed E-state index contributed by atoms with van der Waals surface area (Å²) in [5, 5.41) is 0.785. The molecule has 1 aromatic carbocycles. The van der Waals surface area contributed by atoms with E-state index < -0.39 is 10.0 Å². The summed E-state index contributed by atoms with van der Waals surface area (Å²) in [6.07, 6.45) is 0.725. The molecular weight excluding hydrogens is 310 g/mol. The van der Waals surface area contributed by atoms with Crippen LogP contribution in [0.1, 0.15) is 12.1 Å². The number of rotatable bonds is 2. The van der Waals surface area contributed by atoms with Crippen molar-refractivity contribution in [1.29, 1.82) is 0 Å². The molecule has 3 rings (SSSR count). The number of sulfonamides is 1. The predicted octanol–water partition coefficient (Wildman–Crippen LogP) is 1.63. The summed E-state index contributed by atoms with van der Waals surface area (Å²) in [6.45, 7) is 2.76. The topological polar surface area (TPSA) is 68.3 Å². The Labute approximate surface area is 131 Å². The van der Waals surface area contributed by atoms with Crippen molar-refractivity contribution >= 4 is 33.3 Å². The molecule has 0 bridgehead atoms. The second kappa shape index (κ2) is 5.61. The van der Waals surface area contributed by atoms with Crippen LogP contribution in [0.5, 0.6) is 0 Å². The third-order valence-corrected chi connectivity index (χ3v) is 6.17. The lowest BCUT2D eigenvalue weighted by Gasteiger charge is -2.16. The number of para-hydroxylation sites is 1. The number of nitrogens with zero attached hydrogens (tertiary/aromatic N) is 2. The van der Waals surface area contributed by atoms with E-state index in [1.807, 2.05) is 42.8 Å². The molecule has 0 aliphatic carbocycles. The summed E-state index contributed by atoms with van der Waals surface area (Å²) in [7, 11) is -1.58. The second-order valence-electron chi connectivity index (χ2n) is 5.40. The van der Waals surface area contributed by atoms with Crippen LogP contribution in [0.15, 0.2) is 29.2 Å². The van der Waals surface area contributed by atoms with Gasteiger partial charge in [0.05, 0.1) is 0 Å². The van der Waals surface area contributed by atoms with Gasteiger partial charge in [-0.2, -0.15) is 4.31 Å². The summed E-state index contributed by atoms with van der Waals surface area (Å²) in [6, 6.07) is 7.54. The minimum absolute atomic E-state index is 0. The third-order valence-electron chi connectivity index (χ3n) is 4.13. The number of nitrogens with two attached hydrogens (primary N) is 1. The zero-order valence-electron chi connectivity index (χ0n) is 12.1. The number of aryl methyl sites for hydroxylation is 1. The van der Waals surface area contributed by atoms with Crippen LogP contribution in [0.2, 0.25) is 0 Å². The maximum absolute atomic E-state index is 12.9. The monoisotopic (exact) mass is 329 g/mol. The SMILES string of the molecule is Cc1c(S(=O)(=O)N2CC[C@@H](N)C2)c2ccccc2n1C.Cl. The molecule has 7 heteroatoms. The standard InChI is InChI=1S/C14H19N3O2S.ClH/c1-10-14(12-5-3-4-6-13(12)16(10)2)20(18,19)17-8-7-11(15)9-17;/h3-6,11H,7-9,15H2,1-2H3;1H/t11-;/m1./s1. The maximum Gasteiger partial charge on any atom is 0.245 e. The molecule has 0 unspecified atom stereocenters. The van der Waals surface area contributed by atoms with Crippen molar-refractivity contribution in [2.75, 3.05) is 13.1 Å². The van der Waals surface area contributed by atoms with E-state index in [-0.39, 0.29) is 18.4 Å². The van der Waals surface area contributed by atoms with E-state index in [4.69, 9.17) is 5.73 Å². The number of aromatic nitrogens is 1. The Morgan fingerprint density at radius 1 is 1.29 bits per heavy atom. The molecule has 0 amide bonds. The quantitative estimate of drug-likeness (QED) is 0.910. The smallest absolute Gasteiger partial charge is 0.245 e. The third kappa shape index (κ3) is 2.46. The summed E-state index contributed by atoms with van der Waals surface area (Å²) in [4.78, 5) is 0.421. The van der Waals surface area contributed by atoms with Crippen molar-refractivity contribution in [3.63, 3.8) is 0 Å². The van der Waals surface area contributed by atoms with E-state index in [9.17, 15) is 8.42 Å². The summed E-state index contributed by atoms with van der Waals surface area (Å²) in [5.41, 5.74) is 7.55. The van der Waals surface area contributed by atoms with Gasteiger partial charge < -0.3 is 10.3 Å². The highest BCUT2D eigenvalue weighted by molar-refractivity contribution is 7.89. The van der Waals surface area contributed by atoms with Gasteiger partial charge >= 0.3 is 0 Å². The molecule has 1 atom stereocenters. The summed E-state index contributed by atoms with van der Waals surface area (Å²) in [5.74, 6) is 0. The number of benzene rings is 1. The molecule has 0 radical (unpaired) electrons. The fraction of sp³-hybridized carbons (Fsp3) is 0.429. The number of hydrogen-bond donors (Lipinski definition) is 1. The van der Waals surface area contributed by atoms with Crippen LogP contribution < -0.4 is 5.73 Å². The molecule has 1 aliphatic rings. The average molecular weight is 330 g/mol. The molecule has 2 N–H and O–H groups in total. The van der Waals surface area contributed by atoms with Crippen molar-refractivity contribution in [1.82, 2.24) is 8.87 Å². The van der Waals surface area contributed by atoms with Gasteiger partial charge in [0.15, 0.2) is 0 Å². The first kappa shape index (κ1) is 16.3. The van der Waals surface area contributed by atoms with Crippen LogP contribution in [0.4, 0.5) is 0 Å². The number of halogens is 1. The largest absolute Gasteiger partial charge is 0.347 e. The molecule has 1 saturated heterocycles. The molecule has 0 spiro atoms. The van der Waals surface area contributed by atoms with E-state index >= 15 is 0 Å². The van der Waals surface area contributed by atoms with Crippen molar-refractivity contribution in [2.45, 2.75) is 24.3 Å². The molecule has 21 heavy (non-hydrogen) atoms. The number of fused-ring (bicyclic) bond motifs is 1. The Hall–Kier alpha value is -1.08.